The molecule has 160 valence electrons. The van der Waals surface area contributed by atoms with Gasteiger partial charge in [-0.25, -0.2) is 17.9 Å². The second-order valence-electron chi connectivity index (χ2n) is 8.05. The van der Waals surface area contributed by atoms with Gasteiger partial charge in [0, 0.05) is 18.5 Å². The maximum absolute atomic E-state index is 12.5. The summed E-state index contributed by atoms with van der Waals surface area (Å²) in [6.45, 7) is 0.446. The first kappa shape index (κ1) is 22.0. The number of carbonyl (C=O) groups is 1. The Hall–Kier alpha value is -1.70. The maximum Gasteiger partial charge on any atom is 0.327 e. The molecule has 2 saturated heterocycles. The van der Waals surface area contributed by atoms with E-state index in [-0.39, 0.29) is 23.9 Å². The van der Waals surface area contributed by atoms with Crippen molar-refractivity contribution in [2.75, 3.05) is 12.3 Å². The number of aryl methyl sites for hydroxylation is 1. The predicted molar refractivity (Wildman–Crippen MR) is 112 cm³/mol. The zero-order valence-electron chi connectivity index (χ0n) is 16.7. The monoisotopic (exact) mass is 421 g/mol. The molecule has 0 unspecified atom stereocenters. The van der Waals surface area contributed by atoms with Gasteiger partial charge in [-0.1, -0.05) is 42.8 Å². The van der Waals surface area contributed by atoms with Crippen molar-refractivity contribution in [2.45, 2.75) is 57.2 Å². The van der Waals surface area contributed by atoms with E-state index < -0.39 is 16.0 Å². The van der Waals surface area contributed by atoms with Crippen LogP contribution in [0.25, 0.3) is 0 Å². The van der Waals surface area contributed by atoms with Crippen molar-refractivity contribution < 1.29 is 23.1 Å². The van der Waals surface area contributed by atoms with Crippen LogP contribution in [0, 0.1) is 11.8 Å². The molecule has 0 saturated carbocycles. The number of sulfonamides is 1. The van der Waals surface area contributed by atoms with E-state index in [1.807, 2.05) is 30.3 Å². The molecule has 6 nitrogen and oxygen atoms in total. The van der Waals surface area contributed by atoms with Gasteiger partial charge in [0.15, 0.2) is 0 Å². The third-order valence-electron chi connectivity index (χ3n) is 6.05. The normalized spacial score (nSPS) is 26.3. The van der Waals surface area contributed by atoms with Crippen molar-refractivity contribution in [2.24, 2.45) is 11.8 Å². The summed E-state index contributed by atoms with van der Waals surface area (Å²) in [6.07, 6.45) is 9.56. The Kier molecular flexibility index (Phi) is 7.86. The van der Waals surface area contributed by atoms with E-state index in [0.717, 1.165) is 44.1 Å². The number of unbranched alkanes of at least 4 members (excludes halogenated alkanes) is 2. The maximum atomic E-state index is 12.5. The first-order valence-electron chi connectivity index (χ1n) is 10.5. The molecular weight excluding hydrogens is 390 g/mol. The number of hydrogen-bond acceptors (Lipinski definition) is 4. The molecule has 0 radical (unpaired) electrons. The summed E-state index contributed by atoms with van der Waals surface area (Å²) in [5, 5.41) is 8.62. The van der Waals surface area contributed by atoms with Gasteiger partial charge in [-0.3, -0.25) is 0 Å². The van der Waals surface area contributed by atoms with Gasteiger partial charge in [0.05, 0.1) is 18.0 Å². The Morgan fingerprint density at radius 2 is 1.86 bits per heavy atom. The van der Waals surface area contributed by atoms with Gasteiger partial charge in [-0.15, -0.1) is 0 Å². The number of fused-ring (bicyclic) bond motifs is 2. The standard InChI is InChI=1S/C22H31NO5S/c24-22(25)11-7-2-1-6-10-18-19(21-13-12-20(18)28-21)16-23-29(26,27)15-14-17-8-4-3-5-9-17/h3-5,7-9,11,18-21,23H,1-2,6,10,12-16H2,(H,24,25)/t18-,19+,20-,21+/m1/s1. The largest absolute Gasteiger partial charge is 0.478 e. The summed E-state index contributed by atoms with van der Waals surface area (Å²) in [5.41, 5.74) is 1.02. The molecule has 2 aliphatic heterocycles. The van der Waals surface area contributed by atoms with E-state index in [2.05, 4.69) is 4.72 Å². The van der Waals surface area contributed by atoms with E-state index >= 15 is 0 Å². The Morgan fingerprint density at radius 3 is 2.59 bits per heavy atom. The highest BCUT2D eigenvalue weighted by molar-refractivity contribution is 7.89. The molecule has 2 heterocycles. The van der Waals surface area contributed by atoms with Crippen LogP contribution in [0.4, 0.5) is 0 Å². The smallest absolute Gasteiger partial charge is 0.327 e. The van der Waals surface area contributed by atoms with Crippen LogP contribution in [-0.2, 0) is 26.0 Å². The quantitative estimate of drug-likeness (QED) is 0.400. The van der Waals surface area contributed by atoms with Gasteiger partial charge in [0.25, 0.3) is 0 Å². The number of ether oxygens (including phenoxy) is 1. The molecule has 0 aromatic heterocycles. The number of aliphatic carboxylic acids is 1. The fourth-order valence-electron chi connectivity index (χ4n) is 4.57. The van der Waals surface area contributed by atoms with Gasteiger partial charge in [0.1, 0.15) is 0 Å². The third kappa shape index (κ3) is 6.66. The zero-order chi connectivity index (χ0) is 20.7. The van der Waals surface area contributed by atoms with Crippen LogP contribution in [0.1, 0.15) is 44.1 Å². The SMILES string of the molecule is O=C(O)C=CCCCC[C@@H]1[C@H](CNS(=O)(=O)CCc2ccccc2)[C@@H]2CC[C@H]1O2. The number of carboxylic acid groups (broad SMARTS) is 1. The van der Waals surface area contributed by atoms with E-state index in [0.29, 0.717) is 18.9 Å². The molecule has 0 aliphatic carbocycles. The van der Waals surface area contributed by atoms with Crippen LogP contribution >= 0.6 is 0 Å². The molecule has 1 aromatic rings. The molecule has 1 aromatic carbocycles. The summed E-state index contributed by atoms with van der Waals surface area (Å²) < 4.78 is 33.8. The Balaban J connectivity index is 1.44. The van der Waals surface area contributed by atoms with Gasteiger partial charge < -0.3 is 9.84 Å². The second-order valence-corrected chi connectivity index (χ2v) is 9.97. The van der Waals surface area contributed by atoms with Gasteiger partial charge in [0.2, 0.25) is 10.0 Å². The fraction of sp³-hybridized carbons (Fsp3) is 0.591. The van der Waals surface area contributed by atoms with Crippen LogP contribution in [0.2, 0.25) is 0 Å². The molecule has 2 fully saturated rings. The lowest BCUT2D eigenvalue weighted by Crippen LogP contribution is -2.39. The molecule has 2 bridgehead atoms. The van der Waals surface area contributed by atoms with Gasteiger partial charge in [-0.2, -0.15) is 0 Å². The topological polar surface area (TPSA) is 92.7 Å². The minimum absolute atomic E-state index is 0.0965. The molecule has 29 heavy (non-hydrogen) atoms. The van der Waals surface area contributed by atoms with Crippen LogP contribution in [0.3, 0.4) is 0 Å². The van der Waals surface area contributed by atoms with Crippen LogP contribution in [0.5, 0.6) is 0 Å². The highest BCUT2D eigenvalue weighted by atomic mass is 32.2. The van der Waals surface area contributed by atoms with Crippen molar-refractivity contribution in [3.8, 4) is 0 Å². The minimum atomic E-state index is -3.32. The Bertz CT molecular complexity index is 793. The number of allylic oxidation sites excluding steroid dienone is 1. The summed E-state index contributed by atoms with van der Waals surface area (Å²) in [6, 6.07) is 9.66. The number of benzene rings is 1. The highest BCUT2D eigenvalue weighted by Gasteiger charge is 2.48. The van der Waals surface area contributed by atoms with Crippen molar-refractivity contribution in [1.82, 2.24) is 4.72 Å². The molecule has 7 heteroatoms. The van der Waals surface area contributed by atoms with E-state index in [1.54, 1.807) is 6.08 Å². The lowest BCUT2D eigenvalue weighted by molar-refractivity contribution is -0.131. The second kappa shape index (κ2) is 10.4. The molecule has 3 rings (SSSR count). The summed E-state index contributed by atoms with van der Waals surface area (Å²) >= 11 is 0. The highest BCUT2D eigenvalue weighted by Crippen LogP contribution is 2.45. The first-order valence-corrected chi connectivity index (χ1v) is 12.2. The van der Waals surface area contributed by atoms with Gasteiger partial charge >= 0.3 is 5.97 Å². The lowest BCUT2D eigenvalue weighted by atomic mass is 9.77. The van der Waals surface area contributed by atoms with Crippen molar-refractivity contribution in [3.05, 3.63) is 48.0 Å². The number of hydrogen-bond donors (Lipinski definition) is 2. The molecule has 2 N–H and O–H groups in total. The van der Waals surface area contributed by atoms with E-state index in [9.17, 15) is 13.2 Å². The molecule has 0 spiro atoms. The molecule has 4 atom stereocenters. The zero-order valence-corrected chi connectivity index (χ0v) is 17.5. The molecular formula is C22H31NO5S. The Labute approximate surface area is 173 Å². The lowest BCUT2D eigenvalue weighted by Gasteiger charge is -2.28. The number of nitrogens with one attached hydrogen (secondary N) is 1. The third-order valence-corrected chi connectivity index (χ3v) is 7.40. The minimum Gasteiger partial charge on any atom is -0.478 e. The average molecular weight is 422 g/mol. The van der Waals surface area contributed by atoms with Crippen molar-refractivity contribution in [3.63, 3.8) is 0 Å². The molecule has 2 aliphatic rings. The number of carboxylic acids is 1. The van der Waals surface area contributed by atoms with E-state index in [4.69, 9.17) is 9.84 Å². The van der Waals surface area contributed by atoms with Gasteiger partial charge in [-0.05, 0) is 50.0 Å². The van der Waals surface area contributed by atoms with Crippen LogP contribution < -0.4 is 4.72 Å². The average Bonchev–Trinajstić information content (AvgIpc) is 3.30. The molecule has 0 amide bonds. The summed E-state index contributed by atoms with van der Waals surface area (Å²) in [5.74, 6) is -0.200. The van der Waals surface area contributed by atoms with Crippen molar-refractivity contribution in [1.29, 1.82) is 0 Å². The Morgan fingerprint density at radius 1 is 1.14 bits per heavy atom. The van der Waals surface area contributed by atoms with Crippen LogP contribution in [0.15, 0.2) is 42.5 Å². The number of rotatable bonds is 12. The predicted octanol–water partition coefficient (Wildman–Crippen LogP) is 3.14. The first-order chi connectivity index (χ1) is 13.9. The summed E-state index contributed by atoms with van der Waals surface area (Å²) in [4.78, 5) is 10.5. The fourth-order valence-corrected chi connectivity index (χ4v) is 5.67. The summed E-state index contributed by atoms with van der Waals surface area (Å²) in [7, 11) is -3.32. The van der Waals surface area contributed by atoms with Crippen molar-refractivity contribution >= 4 is 16.0 Å². The van der Waals surface area contributed by atoms with E-state index in [1.165, 1.54) is 6.08 Å². The van der Waals surface area contributed by atoms with Crippen LogP contribution in [-0.4, -0.2) is 44.0 Å².